The van der Waals surface area contributed by atoms with Crippen LogP contribution in [-0.2, 0) is 14.3 Å². The van der Waals surface area contributed by atoms with Gasteiger partial charge in [0.05, 0.1) is 0 Å². The molecule has 0 bridgehead atoms. The molecule has 0 aliphatic carbocycles. The summed E-state index contributed by atoms with van der Waals surface area (Å²) in [6.45, 7) is 18.3. The summed E-state index contributed by atoms with van der Waals surface area (Å²) in [5, 5.41) is 5.92. The highest BCUT2D eigenvalue weighted by molar-refractivity contribution is 7.98. The number of nitrogens with one attached hydrogen (secondary N) is 2. The van der Waals surface area contributed by atoms with Gasteiger partial charge in [-0.2, -0.15) is 11.8 Å². The standard InChI is InChI=1S/C31H53N3O4S/c1-11-12-18-32-28(35)27(25-16-14-22(4)20-23(25)5)34(24(6)15-13-21(2)3)29(36)26(17-19-39-10)33-30(37)38-31(7,8)9/h14,16,20-21,24,26-27H,11-13,15,17-19H2,1-10H3,(H,32,35)(H,33,37). The minimum Gasteiger partial charge on any atom is -0.444 e. The Kier molecular flexibility index (Phi) is 15.0. The number of amides is 3. The maximum atomic E-state index is 14.4. The molecule has 0 aliphatic heterocycles. The molecule has 7 nitrogen and oxygen atoms in total. The van der Waals surface area contributed by atoms with Gasteiger partial charge in [0.2, 0.25) is 11.8 Å². The summed E-state index contributed by atoms with van der Waals surface area (Å²) < 4.78 is 5.50. The van der Waals surface area contributed by atoms with E-state index in [9.17, 15) is 14.4 Å². The lowest BCUT2D eigenvalue weighted by atomic mass is 9.93. The molecule has 0 saturated heterocycles. The topological polar surface area (TPSA) is 87.7 Å². The lowest BCUT2D eigenvalue weighted by molar-refractivity contribution is -0.145. The maximum Gasteiger partial charge on any atom is 0.408 e. The van der Waals surface area contributed by atoms with Crippen molar-refractivity contribution in [3.63, 3.8) is 0 Å². The Morgan fingerprint density at radius 3 is 2.26 bits per heavy atom. The van der Waals surface area contributed by atoms with Crippen LogP contribution in [-0.4, -0.2) is 59.0 Å². The van der Waals surface area contributed by atoms with Gasteiger partial charge in [-0.1, -0.05) is 51.0 Å². The van der Waals surface area contributed by atoms with Crippen molar-refractivity contribution in [3.8, 4) is 0 Å². The van der Waals surface area contributed by atoms with Crippen molar-refractivity contribution in [2.75, 3.05) is 18.6 Å². The second-order valence-corrected chi connectivity index (χ2v) is 12.9. The molecule has 2 N–H and O–H groups in total. The second kappa shape index (κ2) is 16.8. The predicted octanol–water partition coefficient (Wildman–Crippen LogP) is 6.56. The van der Waals surface area contributed by atoms with Gasteiger partial charge in [0, 0.05) is 12.6 Å². The molecule has 3 amide bonds. The van der Waals surface area contributed by atoms with Crippen molar-refractivity contribution in [2.24, 2.45) is 5.92 Å². The summed E-state index contributed by atoms with van der Waals surface area (Å²) in [5.74, 6) is 0.675. The van der Waals surface area contributed by atoms with Crippen LogP contribution >= 0.6 is 11.8 Å². The van der Waals surface area contributed by atoms with Gasteiger partial charge < -0.3 is 20.3 Å². The Hall–Kier alpha value is -2.22. The summed E-state index contributed by atoms with van der Waals surface area (Å²) >= 11 is 1.61. The number of unbranched alkanes of at least 4 members (excludes halogenated alkanes) is 1. The van der Waals surface area contributed by atoms with E-state index in [-0.39, 0.29) is 17.9 Å². The van der Waals surface area contributed by atoms with Gasteiger partial charge in [0.25, 0.3) is 0 Å². The van der Waals surface area contributed by atoms with Gasteiger partial charge in [-0.05, 0) is 96.3 Å². The molecule has 39 heavy (non-hydrogen) atoms. The van der Waals surface area contributed by atoms with Crippen molar-refractivity contribution in [1.29, 1.82) is 0 Å². The molecular formula is C31H53N3O4S. The number of alkyl carbamates (subject to hydrolysis) is 1. The quantitative estimate of drug-likeness (QED) is 0.236. The summed E-state index contributed by atoms with van der Waals surface area (Å²) in [4.78, 5) is 42.8. The summed E-state index contributed by atoms with van der Waals surface area (Å²) in [7, 11) is 0. The van der Waals surface area contributed by atoms with Crippen molar-refractivity contribution in [3.05, 3.63) is 34.9 Å². The number of ether oxygens (including phenoxy) is 1. The first kappa shape index (κ1) is 34.8. The lowest BCUT2D eigenvalue weighted by Gasteiger charge is -2.39. The van der Waals surface area contributed by atoms with E-state index < -0.39 is 23.8 Å². The monoisotopic (exact) mass is 563 g/mol. The van der Waals surface area contributed by atoms with Gasteiger partial charge in [-0.15, -0.1) is 0 Å². The lowest BCUT2D eigenvalue weighted by Crippen LogP contribution is -2.56. The normalized spacial score (nSPS) is 13.9. The zero-order chi connectivity index (χ0) is 29.8. The SMILES string of the molecule is CCCCNC(=O)C(c1ccc(C)cc1C)N(C(=O)C(CCSC)NC(=O)OC(C)(C)C)C(C)CCC(C)C. The van der Waals surface area contributed by atoms with Crippen LogP contribution in [0.2, 0.25) is 0 Å². The molecule has 0 saturated carbocycles. The molecule has 1 rings (SSSR count). The van der Waals surface area contributed by atoms with Gasteiger partial charge in [-0.25, -0.2) is 4.79 Å². The van der Waals surface area contributed by atoms with Crippen molar-refractivity contribution in [1.82, 2.24) is 15.5 Å². The summed E-state index contributed by atoms with van der Waals surface area (Å²) in [5.41, 5.74) is 2.17. The molecule has 3 atom stereocenters. The Morgan fingerprint density at radius 1 is 1.05 bits per heavy atom. The van der Waals surface area contributed by atoms with Crippen molar-refractivity contribution >= 4 is 29.7 Å². The first-order valence-electron chi connectivity index (χ1n) is 14.4. The number of benzene rings is 1. The van der Waals surface area contributed by atoms with Crippen LogP contribution < -0.4 is 10.6 Å². The van der Waals surface area contributed by atoms with E-state index in [0.29, 0.717) is 24.6 Å². The molecule has 3 unspecified atom stereocenters. The van der Waals surface area contributed by atoms with E-state index in [1.54, 1.807) is 37.4 Å². The van der Waals surface area contributed by atoms with Crippen LogP contribution in [0.5, 0.6) is 0 Å². The van der Waals surface area contributed by atoms with E-state index in [4.69, 9.17) is 4.74 Å². The van der Waals surface area contributed by atoms with Crippen LogP contribution in [0.25, 0.3) is 0 Å². The fourth-order valence-electron chi connectivity index (χ4n) is 4.47. The highest BCUT2D eigenvalue weighted by Crippen LogP contribution is 2.30. The fraction of sp³-hybridized carbons (Fsp3) is 0.710. The molecular weight excluding hydrogens is 510 g/mol. The Balaban J connectivity index is 3.62. The van der Waals surface area contributed by atoms with Gasteiger partial charge in [0.15, 0.2) is 0 Å². The smallest absolute Gasteiger partial charge is 0.408 e. The van der Waals surface area contributed by atoms with Gasteiger partial charge in [0.1, 0.15) is 17.7 Å². The number of carbonyl (C=O) groups is 3. The van der Waals surface area contributed by atoms with Crippen LogP contribution in [0.15, 0.2) is 18.2 Å². The Bertz CT molecular complexity index is 929. The second-order valence-electron chi connectivity index (χ2n) is 12.0. The van der Waals surface area contributed by atoms with E-state index >= 15 is 0 Å². The van der Waals surface area contributed by atoms with Crippen molar-refractivity contribution in [2.45, 2.75) is 118 Å². The highest BCUT2D eigenvalue weighted by atomic mass is 32.2. The van der Waals surface area contributed by atoms with E-state index in [1.807, 2.05) is 45.2 Å². The van der Waals surface area contributed by atoms with Crippen LogP contribution in [0, 0.1) is 19.8 Å². The van der Waals surface area contributed by atoms with E-state index in [2.05, 4.69) is 31.4 Å². The fourth-order valence-corrected chi connectivity index (χ4v) is 4.94. The Morgan fingerprint density at radius 2 is 1.72 bits per heavy atom. The summed E-state index contributed by atoms with van der Waals surface area (Å²) in [6.07, 6.45) is 5.25. The zero-order valence-corrected chi connectivity index (χ0v) is 26.8. The molecule has 0 spiro atoms. The molecule has 0 fully saturated rings. The van der Waals surface area contributed by atoms with Gasteiger partial charge in [-0.3, -0.25) is 9.59 Å². The number of hydrogen-bond acceptors (Lipinski definition) is 5. The van der Waals surface area contributed by atoms with Crippen LogP contribution in [0.3, 0.4) is 0 Å². The Labute approximate surface area is 241 Å². The number of nitrogens with zero attached hydrogens (tertiary/aromatic N) is 1. The van der Waals surface area contributed by atoms with Crippen molar-refractivity contribution < 1.29 is 19.1 Å². The number of rotatable bonds is 15. The number of carbonyl (C=O) groups excluding carboxylic acids is 3. The molecule has 0 aromatic heterocycles. The third-order valence-electron chi connectivity index (χ3n) is 6.57. The number of thioether (sulfide) groups is 1. The van der Waals surface area contributed by atoms with Crippen LogP contribution in [0.4, 0.5) is 4.79 Å². The minimum atomic E-state index is -0.814. The first-order chi connectivity index (χ1) is 18.2. The molecule has 8 heteroatoms. The average molecular weight is 564 g/mol. The van der Waals surface area contributed by atoms with E-state index in [1.165, 1.54) is 0 Å². The first-order valence-corrected chi connectivity index (χ1v) is 15.8. The molecule has 1 aromatic carbocycles. The molecule has 1 aromatic rings. The van der Waals surface area contributed by atoms with Gasteiger partial charge >= 0.3 is 6.09 Å². The third kappa shape index (κ3) is 12.2. The van der Waals surface area contributed by atoms with Crippen LogP contribution in [0.1, 0.15) is 103 Å². The molecule has 0 heterocycles. The molecule has 0 aliphatic rings. The summed E-state index contributed by atoms with van der Waals surface area (Å²) in [6, 6.07) is 4.15. The highest BCUT2D eigenvalue weighted by Gasteiger charge is 2.39. The number of aryl methyl sites for hydroxylation is 2. The minimum absolute atomic E-state index is 0.193. The third-order valence-corrected chi connectivity index (χ3v) is 7.21. The largest absolute Gasteiger partial charge is 0.444 e. The maximum absolute atomic E-state index is 14.4. The molecule has 222 valence electrons. The zero-order valence-electron chi connectivity index (χ0n) is 26.0. The van der Waals surface area contributed by atoms with E-state index in [0.717, 1.165) is 42.4 Å². The predicted molar refractivity (Wildman–Crippen MR) is 163 cm³/mol. The number of hydrogen-bond donors (Lipinski definition) is 2. The molecule has 0 radical (unpaired) electrons. The average Bonchev–Trinajstić information content (AvgIpc) is 2.82.